The molecule has 0 radical (unpaired) electrons. The third kappa shape index (κ3) is 2.54. The molecule has 2 aromatic rings. The Kier molecular flexibility index (Phi) is 4.05. The van der Waals surface area contributed by atoms with E-state index in [1.54, 1.807) is 0 Å². The molecular weight excluding hydrogens is 364 g/mol. The smallest absolute Gasteiger partial charge is 0.339 e. The topological polar surface area (TPSA) is 61.5 Å². The maximum absolute atomic E-state index is 12.8. The lowest BCUT2D eigenvalue weighted by molar-refractivity contribution is -0.450. The summed E-state index contributed by atoms with van der Waals surface area (Å²) in [6.45, 7) is 5.74. The Morgan fingerprint density at radius 1 is 1.14 bits per heavy atom. The van der Waals surface area contributed by atoms with Crippen molar-refractivity contribution in [2.24, 2.45) is 5.92 Å². The molecule has 1 aliphatic carbocycles. The summed E-state index contributed by atoms with van der Waals surface area (Å²) in [4.78, 5) is 16.2. The van der Waals surface area contributed by atoms with Crippen LogP contribution in [0.3, 0.4) is 0 Å². The summed E-state index contributed by atoms with van der Waals surface area (Å²) < 4.78 is 12.5. The van der Waals surface area contributed by atoms with Crippen molar-refractivity contribution in [1.29, 1.82) is 0 Å². The van der Waals surface area contributed by atoms with E-state index in [9.17, 15) is 4.79 Å². The fourth-order valence-electron chi connectivity index (χ4n) is 4.52. The van der Waals surface area contributed by atoms with E-state index in [4.69, 9.17) is 9.47 Å². The van der Waals surface area contributed by atoms with Crippen molar-refractivity contribution in [3.05, 3.63) is 83.1 Å². The van der Waals surface area contributed by atoms with Gasteiger partial charge in [0, 0.05) is 41.6 Å². The van der Waals surface area contributed by atoms with E-state index in [2.05, 4.69) is 30.2 Å². The van der Waals surface area contributed by atoms with Crippen molar-refractivity contribution in [3.8, 4) is 5.75 Å². The van der Waals surface area contributed by atoms with Gasteiger partial charge in [0.1, 0.15) is 18.1 Å². The zero-order valence-electron chi connectivity index (χ0n) is 16.5. The molecule has 3 aliphatic rings. The van der Waals surface area contributed by atoms with E-state index in [0.29, 0.717) is 11.3 Å². The van der Waals surface area contributed by atoms with Crippen molar-refractivity contribution in [2.75, 3.05) is 18.4 Å². The number of nitrogens with one attached hydrogen (secondary N) is 2. The van der Waals surface area contributed by atoms with Crippen LogP contribution in [-0.4, -0.2) is 24.8 Å². The summed E-state index contributed by atoms with van der Waals surface area (Å²) in [6, 6.07) is 13.7. The lowest BCUT2D eigenvalue weighted by atomic mass is 9.71. The Labute approximate surface area is 169 Å². The zero-order valence-corrected chi connectivity index (χ0v) is 16.5. The van der Waals surface area contributed by atoms with Crippen molar-refractivity contribution < 1.29 is 19.3 Å². The number of anilines is 1. The van der Waals surface area contributed by atoms with Gasteiger partial charge in [-0.25, -0.2) is 9.79 Å². The minimum Gasteiger partial charge on any atom is -0.460 e. The first-order valence-corrected chi connectivity index (χ1v) is 10.1. The number of hydrogen-bond acceptors (Lipinski definition) is 4. The highest BCUT2D eigenvalue weighted by molar-refractivity contribution is 6.02. The third-order valence-electron chi connectivity index (χ3n) is 5.68. The van der Waals surface area contributed by atoms with Crippen LogP contribution in [-0.2, 0) is 10.3 Å². The first kappa shape index (κ1) is 17.7. The number of carbonyl (C=O) groups is 1. The first-order chi connectivity index (χ1) is 14.2. The number of benzene rings is 2. The van der Waals surface area contributed by atoms with Crippen LogP contribution in [0.2, 0.25) is 0 Å². The van der Waals surface area contributed by atoms with Crippen LogP contribution >= 0.6 is 0 Å². The van der Waals surface area contributed by atoms with Crippen molar-refractivity contribution in [3.63, 3.8) is 0 Å². The Morgan fingerprint density at radius 2 is 2.00 bits per heavy atom. The molecule has 0 saturated carbocycles. The highest BCUT2D eigenvalue weighted by atomic mass is 16.6. The fraction of sp³-hybridized carbons (Fsp3) is 0.250. The van der Waals surface area contributed by atoms with Gasteiger partial charge in [-0.2, -0.15) is 0 Å². The van der Waals surface area contributed by atoms with Gasteiger partial charge in [0.15, 0.2) is 5.60 Å². The number of hydrogen-bond donors (Lipinski definition) is 2. The van der Waals surface area contributed by atoms with Gasteiger partial charge in [0.05, 0.1) is 11.5 Å². The lowest BCUT2D eigenvalue weighted by Crippen LogP contribution is -2.71. The molecule has 2 aromatic carbocycles. The summed E-state index contributed by atoms with van der Waals surface area (Å²) in [5.41, 5.74) is 3.41. The van der Waals surface area contributed by atoms with Crippen molar-refractivity contribution in [2.45, 2.75) is 19.4 Å². The predicted molar refractivity (Wildman–Crippen MR) is 111 cm³/mol. The van der Waals surface area contributed by atoms with Crippen LogP contribution in [0.4, 0.5) is 5.69 Å². The average molecular weight is 387 g/mol. The van der Waals surface area contributed by atoms with Gasteiger partial charge in [-0.05, 0) is 32.0 Å². The Hall–Kier alpha value is -3.34. The number of ether oxygens (including phenoxy) is 2. The normalized spacial score (nSPS) is 25.0. The minimum atomic E-state index is -0.925. The molecular formula is C24H23N2O3+. The van der Waals surface area contributed by atoms with E-state index in [-0.39, 0.29) is 11.9 Å². The van der Waals surface area contributed by atoms with Crippen molar-refractivity contribution in [1.82, 2.24) is 0 Å². The Morgan fingerprint density at radius 3 is 2.83 bits per heavy atom. The van der Waals surface area contributed by atoms with E-state index in [1.807, 2.05) is 54.6 Å². The standard InChI is InChI=1S/C24H22N2O3/c1-3-25-15-9-11-19-21(13-15)28-22-14-16(26-4-2)10-12-20(22)24(19)18-8-6-5-7-17(18)23(27)29-24/h5-14,19,26H,3-4H2,1-2H3/p+1. The van der Waals surface area contributed by atoms with Crippen LogP contribution in [0.5, 0.6) is 5.75 Å². The second-order valence-electron chi connectivity index (χ2n) is 7.38. The third-order valence-corrected chi connectivity index (χ3v) is 5.68. The number of carbonyl (C=O) groups excluding carboxylic acids is 1. The van der Waals surface area contributed by atoms with Crippen LogP contribution < -0.4 is 15.0 Å². The monoisotopic (exact) mass is 387 g/mol. The second-order valence-corrected chi connectivity index (χ2v) is 7.38. The minimum absolute atomic E-state index is 0.227. The molecule has 0 bridgehead atoms. The van der Waals surface area contributed by atoms with Gasteiger partial charge >= 0.3 is 5.97 Å². The molecule has 0 amide bonds. The molecule has 29 heavy (non-hydrogen) atoms. The molecule has 2 aliphatic heterocycles. The molecule has 0 aromatic heterocycles. The van der Waals surface area contributed by atoms with Gasteiger partial charge in [0.2, 0.25) is 5.71 Å². The van der Waals surface area contributed by atoms with E-state index < -0.39 is 5.60 Å². The number of fused-ring (bicyclic) bond motifs is 6. The molecule has 1 spiro atoms. The van der Waals surface area contributed by atoms with Gasteiger partial charge in [0.25, 0.3) is 0 Å². The summed E-state index contributed by atoms with van der Waals surface area (Å²) in [5, 5.41) is 3.33. The van der Waals surface area contributed by atoms with Gasteiger partial charge in [-0.15, -0.1) is 0 Å². The SMILES string of the molecule is CCNc1ccc2c(c1)OC1=CC(=[NH+]CC)C=CC1C21OC(=O)c2ccccc21. The number of allylic oxidation sites excluding steroid dienone is 2. The van der Waals surface area contributed by atoms with E-state index in [0.717, 1.165) is 41.4 Å². The summed E-state index contributed by atoms with van der Waals surface area (Å²) in [5.74, 6) is 0.962. The quantitative estimate of drug-likeness (QED) is 0.795. The molecule has 2 N–H and O–H groups in total. The maximum atomic E-state index is 12.8. The second kappa shape index (κ2) is 6.62. The van der Waals surface area contributed by atoms with Crippen molar-refractivity contribution >= 4 is 17.4 Å². The average Bonchev–Trinajstić information content (AvgIpc) is 3.02. The zero-order chi connectivity index (χ0) is 20.0. The largest absolute Gasteiger partial charge is 0.460 e. The van der Waals surface area contributed by atoms with Gasteiger partial charge in [-0.1, -0.05) is 24.3 Å². The Bertz CT molecular complexity index is 1100. The van der Waals surface area contributed by atoms with Gasteiger partial charge < -0.3 is 14.8 Å². The molecule has 5 rings (SSSR count). The molecule has 5 nitrogen and oxygen atoms in total. The molecule has 0 saturated heterocycles. The molecule has 2 atom stereocenters. The van der Waals surface area contributed by atoms with Crippen LogP contribution in [0.15, 0.2) is 66.5 Å². The Balaban J connectivity index is 1.76. The molecule has 146 valence electrons. The summed E-state index contributed by atoms with van der Waals surface area (Å²) >= 11 is 0. The van der Waals surface area contributed by atoms with Crippen LogP contribution in [0, 0.1) is 5.92 Å². The fourth-order valence-corrected chi connectivity index (χ4v) is 4.52. The maximum Gasteiger partial charge on any atom is 0.339 e. The molecule has 2 unspecified atom stereocenters. The van der Waals surface area contributed by atoms with Crippen LogP contribution in [0.25, 0.3) is 0 Å². The molecule has 5 heteroatoms. The highest BCUT2D eigenvalue weighted by Crippen LogP contribution is 2.56. The predicted octanol–water partition coefficient (Wildman–Crippen LogP) is 2.54. The lowest BCUT2D eigenvalue weighted by Gasteiger charge is -2.42. The first-order valence-electron chi connectivity index (χ1n) is 10.1. The summed E-state index contributed by atoms with van der Waals surface area (Å²) in [7, 11) is 0. The number of esters is 1. The number of rotatable bonds is 3. The van der Waals surface area contributed by atoms with E-state index in [1.165, 1.54) is 0 Å². The molecule has 0 fully saturated rings. The molecule has 2 heterocycles. The van der Waals surface area contributed by atoms with Crippen LogP contribution in [0.1, 0.15) is 35.3 Å². The van der Waals surface area contributed by atoms with Gasteiger partial charge in [-0.3, -0.25) is 0 Å². The summed E-state index contributed by atoms with van der Waals surface area (Å²) in [6.07, 6.45) is 6.12. The van der Waals surface area contributed by atoms with E-state index >= 15 is 0 Å². The highest BCUT2D eigenvalue weighted by Gasteiger charge is 2.57.